The quantitative estimate of drug-likeness (QED) is 0.830. The van der Waals surface area contributed by atoms with Crippen LogP contribution in [0.4, 0.5) is 5.82 Å². The zero-order chi connectivity index (χ0) is 11.6. The fourth-order valence-electron chi connectivity index (χ4n) is 2.47. The molecular weight excluding hydrogens is 198 g/mol. The SMILES string of the molecule is Cc1cnnc(NC2CCCCC2(C)C)c1. The Bertz CT molecular complexity index is 360. The second-order valence-corrected chi connectivity index (χ2v) is 5.55. The van der Waals surface area contributed by atoms with Crippen LogP contribution >= 0.6 is 0 Å². The molecule has 0 bridgehead atoms. The molecule has 0 amide bonds. The largest absolute Gasteiger partial charge is 0.365 e. The second kappa shape index (κ2) is 4.40. The number of anilines is 1. The lowest BCUT2D eigenvalue weighted by atomic mass is 9.73. The van der Waals surface area contributed by atoms with Gasteiger partial charge in [-0.2, -0.15) is 5.10 Å². The molecule has 0 aliphatic heterocycles. The first kappa shape index (κ1) is 11.4. The summed E-state index contributed by atoms with van der Waals surface area (Å²) in [5.74, 6) is 0.917. The maximum atomic E-state index is 4.14. The molecule has 1 saturated carbocycles. The van der Waals surface area contributed by atoms with E-state index >= 15 is 0 Å². The van der Waals surface area contributed by atoms with Crippen molar-refractivity contribution in [3.05, 3.63) is 17.8 Å². The molecule has 2 rings (SSSR count). The van der Waals surface area contributed by atoms with Crippen LogP contribution in [-0.2, 0) is 0 Å². The van der Waals surface area contributed by atoms with E-state index in [0.717, 1.165) is 11.4 Å². The van der Waals surface area contributed by atoms with Crippen molar-refractivity contribution in [3.63, 3.8) is 0 Å². The van der Waals surface area contributed by atoms with E-state index in [4.69, 9.17) is 0 Å². The normalized spacial score (nSPS) is 24.1. The minimum absolute atomic E-state index is 0.365. The first-order valence-corrected chi connectivity index (χ1v) is 6.14. The lowest BCUT2D eigenvalue weighted by Crippen LogP contribution is -2.39. The van der Waals surface area contributed by atoms with Crippen molar-refractivity contribution in [3.8, 4) is 0 Å². The van der Waals surface area contributed by atoms with E-state index < -0.39 is 0 Å². The van der Waals surface area contributed by atoms with Gasteiger partial charge in [0.15, 0.2) is 0 Å². The number of nitrogens with one attached hydrogen (secondary N) is 1. The molecule has 0 saturated heterocycles. The standard InChI is InChI=1S/C13H21N3/c1-10-8-12(16-14-9-10)15-11-6-4-5-7-13(11,2)3/h8-9,11H,4-7H2,1-3H3,(H,15,16). The zero-order valence-corrected chi connectivity index (χ0v) is 10.5. The number of aromatic nitrogens is 2. The van der Waals surface area contributed by atoms with Crippen molar-refractivity contribution < 1.29 is 0 Å². The highest BCUT2D eigenvalue weighted by Crippen LogP contribution is 2.36. The van der Waals surface area contributed by atoms with Gasteiger partial charge in [-0.05, 0) is 36.8 Å². The monoisotopic (exact) mass is 219 g/mol. The van der Waals surface area contributed by atoms with Crippen molar-refractivity contribution >= 4 is 5.82 Å². The summed E-state index contributed by atoms with van der Waals surface area (Å²) in [5, 5.41) is 11.7. The maximum absolute atomic E-state index is 4.14. The van der Waals surface area contributed by atoms with Crippen LogP contribution in [0.5, 0.6) is 0 Å². The number of aryl methyl sites for hydroxylation is 1. The Morgan fingerprint density at radius 1 is 1.38 bits per heavy atom. The highest BCUT2D eigenvalue weighted by atomic mass is 15.2. The van der Waals surface area contributed by atoms with Gasteiger partial charge in [-0.1, -0.05) is 26.7 Å². The van der Waals surface area contributed by atoms with Crippen LogP contribution in [0.3, 0.4) is 0 Å². The fraction of sp³-hybridized carbons (Fsp3) is 0.692. The molecule has 1 unspecified atom stereocenters. The van der Waals surface area contributed by atoms with Crippen molar-refractivity contribution in [1.29, 1.82) is 0 Å². The predicted molar refractivity (Wildman–Crippen MR) is 66.4 cm³/mol. The van der Waals surface area contributed by atoms with Gasteiger partial charge in [0.2, 0.25) is 0 Å². The molecule has 1 aromatic rings. The van der Waals surface area contributed by atoms with Crippen LogP contribution in [0.15, 0.2) is 12.3 Å². The van der Waals surface area contributed by atoms with Gasteiger partial charge in [-0.25, -0.2) is 0 Å². The minimum atomic E-state index is 0.365. The van der Waals surface area contributed by atoms with Crippen molar-refractivity contribution in [1.82, 2.24) is 10.2 Å². The number of rotatable bonds is 2. The lowest BCUT2D eigenvalue weighted by Gasteiger charge is -2.39. The number of hydrogen-bond donors (Lipinski definition) is 1. The highest BCUT2D eigenvalue weighted by molar-refractivity contribution is 5.36. The molecular formula is C13H21N3. The molecule has 1 fully saturated rings. The van der Waals surface area contributed by atoms with E-state index in [1.54, 1.807) is 6.20 Å². The first-order chi connectivity index (χ1) is 7.58. The Morgan fingerprint density at radius 2 is 2.19 bits per heavy atom. The fourth-order valence-corrected chi connectivity index (χ4v) is 2.47. The molecule has 1 aliphatic rings. The van der Waals surface area contributed by atoms with E-state index in [2.05, 4.69) is 35.4 Å². The summed E-state index contributed by atoms with van der Waals surface area (Å²) in [6.07, 6.45) is 6.99. The van der Waals surface area contributed by atoms with E-state index in [0.29, 0.717) is 11.5 Å². The molecule has 1 N–H and O–H groups in total. The molecule has 16 heavy (non-hydrogen) atoms. The lowest BCUT2D eigenvalue weighted by molar-refractivity contribution is 0.216. The van der Waals surface area contributed by atoms with Crippen LogP contribution < -0.4 is 5.32 Å². The molecule has 1 heterocycles. The van der Waals surface area contributed by atoms with Gasteiger partial charge in [-0.3, -0.25) is 0 Å². The van der Waals surface area contributed by atoms with Crippen LogP contribution in [0, 0.1) is 12.3 Å². The van der Waals surface area contributed by atoms with Gasteiger partial charge in [0, 0.05) is 6.04 Å². The third-order valence-electron chi connectivity index (χ3n) is 3.62. The number of hydrogen-bond acceptors (Lipinski definition) is 3. The average Bonchev–Trinajstić information content (AvgIpc) is 2.21. The van der Waals surface area contributed by atoms with Gasteiger partial charge in [0.05, 0.1) is 6.20 Å². The summed E-state index contributed by atoms with van der Waals surface area (Å²) in [4.78, 5) is 0. The van der Waals surface area contributed by atoms with Gasteiger partial charge >= 0.3 is 0 Å². The van der Waals surface area contributed by atoms with Gasteiger partial charge in [0.1, 0.15) is 5.82 Å². The molecule has 1 atom stereocenters. The van der Waals surface area contributed by atoms with Crippen molar-refractivity contribution in [2.75, 3.05) is 5.32 Å². The molecule has 0 radical (unpaired) electrons. The van der Waals surface area contributed by atoms with E-state index in [1.807, 2.05) is 6.92 Å². The molecule has 3 nitrogen and oxygen atoms in total. The van der Waals surface area contributed by atoms with Crippen LogP contribution in [0.2, 0.25) is 0 Å². The first-order valence-electron chi connectivity index (χ1n) is 6.14. The average molecular weight is 219 g/mol. The summed E-state index contributed by atoms with van der Waals surface area (Å²) in [5.41, 5.74) is 1.52. The van der Waals surface area contributed by atoms with Gasteiger partial charge < -0.3 is 5.32 Å². The van der Waals surface area contributed by atoms with Crippen molar-refractivity contribution in [2.24, 2.45) is 5.41 Å². The molecule has 0 spiro atoms. The topological polar surface area (TPSA) is 37.8 Å². The Balaban J connectivity index is 2.08. The molecule has 3 heteroatoms. The Hall–Kier alpha value is -1.12. The third kappa shape index (κ3) is 2.52. The van der Waals surface area contributed by atoms with Gasteiger partial charge in [0.25, 0.3) is 0 Å². The van der Waals surface area contributed by atoms with Crippen LogP contribution in [0.25, 0.3) is 0 Å². The van der Waals surface area contributed by atoms with E-state index in [9.17, 15) is 0 Å². The molecule has 1 aliphatic carbocycles. The maximum Gasteiger partial charge on any atom is 0.149 e. The van der Waals surface area contributed by atoms with Crippen LogP contribution in [0.1, 0.15) is 45.1 Å². The summed E-state index contributed by atoms with van der Waals surface area (Å²) in [7, 11) is 0. The Kier molecular flexibility index (Phi) is 3.13. The third-order valence-corrected chi connectivity index (χ3v) is 3.62. The predicted octanol–water partition coefficient (Wildman–Crippen LogP) is 3.17. The summed E-state index contributed by atoms with van der Waals surface area (Å²) >= 11 is 0. The molecule has 0 aromatic carbocycles. The summed E-state index contributed by atoms with van der Waals surface area (Å²) in [6, 6.07) is 2.59. The molecule has 1 aromatic heterocycles. The van der Waals surface area contributed by atoms with Gasteiger partial charge in [-0.15, -0.1) is 5.10 Å². The highest BCUT2D eigenvalue weighted by Gasteiger charge is 2.32. The smallest absolute Gasteiger partial charge is 0.149 e. The summed E-state index contributed by atoms with van der Waals surface area (Å²) < 4.78 is 0. The Labute approximate surface area is 97.7 Å². The van der Waals surface area contributed by atoms with E-state index in [-0.39, 0.29) is 0 Å². The number of nitrogens with zero attached hydrogens (tertiary/aromatic N) is 2. The van der Waals surface area contributed by atoms with Crippen LogP contribution in [-0.4, -0.2) is 16.2 Å². The zero-order valence-electron chi connectivity index (χ0n) is 10.5. The molecule has 88 valence electrons. The second-order valence-electron chi connectivity index (χ2n) is 5.55. The van der Waals surface area contributed by atoms with Crippen molar-refractivity contribution in [2.45, 2.75) is 52.5 Å². The van der Waals surface area contributed by atoms with E-state index in [1.165, 1.54) is 25.7 Å². The Morgan fingerprint density at radius 3 is 2.88 bits per heavy atom. The summed E-state index contributed by atoms with van der Waals surface area (Å²) in [6.45, 7) is 6.73. The minimum Gasteiger partial charge on any atom is -0.365 e.